The van der Waals surface area contributed by atoms with Gasteiger partial charge in [0.25, 0.3) is 0 Å². The largest absolute Gasteiger partial charge is 0.481 e. The summed E-state index contributed by atoms with van der Waals surface area (Å²) in [4.78, 5) is 23.4. The fraction of sp³-hybridized carbons (Fsp3) is 0.645. The molecule has 3 aromatic heterocycles. The van der Waals surface area contributed by atoms with Gasteiger partial charge < -0.3 is 14.7 Å². The van der Waals surface area contributed by atoms with E-state index >= 15 is 0 Å². The number of aliphatic hydroxyl groups excluding tert-OH is 1. The van der Waals surface area contributed by atoms with Crippen LogP contribution in [0.5, 0.6) is 5.88 Å². The lowest BCUT2D eigenvalue weighted by molar-refractivity contribution is 0.0709. The summed E-state index contributed by atoms with van der Waals surface area (Å²) in [6.45, 7) is 8.32. The van der Waals surface area contributed by atoms with Crippen LogP contribution in [-0.4, -0.2) is 103 Å². The van der Waals surface area contributed by atoms with Gasteiger partial charge in [0.1, 0.15) is 0 Å². The van der Waals surface area contributed by atoms with Crippen LogP contribution in [0, 0.1) is 6.92 Å². The first-order valence-corrected chi connectivity index (χ1v) is 18.5. The molecule has 0 aliphatic carbocycles. The summed E-state index contributed by atoms with van der Waals surface area (Å²) in [6.07, 6.45) is 11.0. The van der Waals surface area contributed by atoms with Gasteiger partial charge in [-0.15, -0.1) is 11.3 Å². The third-order valence-corrected chi connectivity index (χ3v) is 11.3. The number of anilines is 1. The summed E-state index contributed by atoms with van der Waals surface area (Å²) < 4.78 is 30.9. The molecule has 234 valence electrons. The number of thiophene rings is 1. The van der Waals surface area contributed by atoms with Crippen LogP contribution in [0.2, 0.25) is 0 Å². The highest BCUT2D eigenvalue weighted by Gasteiger charge is 2.33. The van der Waals surface area contributed by atoms with E-state index in [0.29, 0.717) is 23.5 Å². The minimum atomic E-state index is -3.29. The van der Waals surface area contributed by atoms with E-state index in [1.165, 1.54) is 36.6 Å². The van der Waals surface area contributed by atoms with E-state index in [1.807, 2.05) is 6.07 Å². The average Bonchev–Trinajstić information content (AvgIpc) is 3.61. The van der Waals surface area contributed by atoms with Gasteiger partial charge in [-0.2, -0.15) is 0 Å². The number of aryl methyl sites for hydroxylation is 1. The molecule has 43 heavy (non-hydrogen) atoms. The fourth-order valence-corrected chi connectivity index (χ4v) is 8.99. The summed E-state index contributed by atoms with van der Waals surface area (Å²) in [5, 5.41) is 9.83. The number of fused-ring (bicyclic) bond motifs is 1. The first-order valence-electron chi connectivity index (χ1n) is 15.6. The molecule has 12 heteroatoms. The van der Waals surface area contributed by atoms with Crippen molar-refractivity contribution in [2.45, 2.75) is 76.3 Å². The van der Waals surface area contributed by atoms with Crippen molar-refractivity contribution in [3.8, 4) is 17.1 Å². The maximum absolute atomic E-state index is 12.2. The zero-order valence-corrected chi connectivity index (χ0v) is 27.2. The van der Waals surface area contributed by atoms with Gasteiger partial charge in [0.05, 0.1) is 35.4 Å². The Hall–Kier alpha value is -2.38. The molecule has 0 spiro atoms. The summed E-state index contributed by atoms with van der Waals surface area (Å²) in [5.41, 5.74) is 4.37. The molecule has 0 saturated carbocycles. The second kappa shape index (κ2) is 12.9. The summed E-state index contributed by atoms with van der Waals surface area (Å²) in [7, 11) is -1.78. The molecule has 0 bridgehead atoms. The Bertz CT molecular complexity index is 1550. The van der Waals surface area contributed by atoms with Gasteiger partial charge in [0.2, 0.25) is 11.8 Å². The van der Waals surface area contributed by atoms with Gasteiger partial charge in [-0.05, 0) is 77.6 Å². The number of sulfone groups is 1. The number of hydrogen-bond acceptors (Lipinski definition) is 11. The predicted molar refractivity (Wildman–Crippen MR) is 172 cm³/mol. The highest BCUT2D eigenvalue weighted by molar-refractivity contribution is 7.89. The number of hydrogen-bond donors (Lipinski definition) is 1. The Labute approximate surface area is 259 Å². The SMILES string of the molecule is COc1ncc(-c2nc(N3CCCCC3)nc3c(CN4CCC(N5CCC[C@H]5CO)CC4)c(C)sc23)cc1CS(C)(=O)=O. The van der Waals surface area contributed by atoms with Crippen molar-refractivity contribution in [1.29, 1.82) is 0 Å². The van der Waals surface area contributed by atoms with Gasteiger partial charge in [0.15, 0.2) is 9.84 Å². The van der Waals surface area contributed by atoms with Gasteiger partial charge in [0, 0.05) is 65.7 Å². The average molecular weight is 629 g/mol. The van der Waals surface area contributed by atoms with E-state index in [9.17, 15) is 13.5 Å². The van der Waals surface area contributed by atoms with Gasteiger partial charge in [-0.1, -0.05) is 0 Å². The van der Waals surface area contributed by atoms with Crippen LogP contribution in [-0.2, 0) is 22.1 Å². The number of ether oxygens (including phenoxy) is 1. The van der Waals surface area contributed by atoms with Crippen molar-refractivity contribution in [2.24, 2.45) is 0 Å². The molecular formula is C31H44N6O4S2. The van der Waals surface area contributed by atoms with Crippen molar-refractivity contribution in [3.63, 3.8) is 0 Å². The number of likely N-dealkylation sites (tertiary alicyclic amines) is 2. The maximum atomic E-state index is 12.2. The van der Waals surface area contributed by atoms with Crippen molar-refractivity contribution < 1.29 is 18.3 Å². The second-order valence-corrected chi connectivity index (χ2v) is 15.8. The normalized spacial score (nSPS) is 21.2. The van der Waals surface area contributed by atoms with E-state index in [1.54, 1.807) is 17.5 Å². The van der Waals surface area contributed by atoms with Crippen LogP contribution < -0.4 is 9.64 Å². The smallest absolute Gasteiger partial charge is 0.226 e. The highest BCUT2D eigenvalue weighted by Crippen LogP contribution is 2.39. The minimum absolute atomic E-state index is 0.147. The predicted octanol–water partition coefficient (Wildman–Crippen LogP) is 4.03. The van der Waals surface area contributed by atoms with E-state index in [2.05, 4.69) is 26.6 Å². The molecule has 0 aromatic carbocycles. The molecule has 6 heterocycles. The Morgan fingerprint density at radius 2 is 1.81 bits per heavy atom. The van der Waals surface area contributed by atoms with Crippen LogP contribution in [0.1, 0.15) is 60.9 Å². The van der Waals surface area contributed by atoms with Gasteiger partial charge >= 0.3 is 0 Å². The highest BCUT2D eigenvalue weighted by atomic mass is 32.2. The number of nitrogens with zero attached hydrogens (tertiary/aromatic N) is 6. The lowest BCUT2D eigenvalue weighted by Gasteiger charge is -2.39. The third-order valence-electron chi connectivity index (χ3n) is 9.31. The van der Waals surface area contributed by atoms with E-state index in [4.69, 9.17) is 14.7 Å². The van der Waals surface area contributed by atoms with Crippen LogP contribution in [0.25, 0.3) is 21.5 Å². The molecule has 3 aliphatic rings. The molecular weight excluding hydrogens is 585 g/mol. The number of methoxy groups -OCH3 is 1. The van der Waals surface area contributed by atoms with E-state index < -0.39 is 9.84 Å². The van der Waals surface area contributed by atoms with Crippen molar-refractivity contribution in [1.82, 2.24) is 24.8 Å². The number of aromatic nitrogens is 3. The first kappa shape index (κ1) is 30.6. The van der Waals surface area contributed by atoms with Gasteiger partial charge in [-0.3, -0.25) is 9.80 Å². The lowest BCUT2D eigenvalue weighted by atomic mass is 10.0. The number of pyridine rings is 1. The number of rotatable bonds is 9. The molecule has 0 amide bonds. The molecule has 6 rings (SSSR count). The van der Waals surface area contributed by atoms with Crippen molar-refractivity contribution in [2.75, 3.05) is 57.6 Å². The molecule has 3 fully saturated rings. The zero-order valence-electron chi connectivity index (χ0n) is 25.6. The Morgan fingerprint density at radius 1 is 1.05 bits per heavy atom. The Morgan fingerprint density at radius 3 is 2.51 bits per heavy atom. The molecule has 10 nitrogen and oxygen atoms in total. The Kier molecular flexibility index (Phi) is 9.21. The molecule has 3 aliphatic heterocycles. The number of aliphatic hydroxyl groups is 1. The topological polar surface area (TPSA) is 112 Å². The second-order valence-electron chi connectivity index (χ2n) is 12.4. The number of piperidine rings is 2. The summed E-state index contributed by atoms with van der Waals surface area (Å²) in [6, 6.07) is 2.75. The molecule has 0 radical (unpaired) electrons. The quantitative estimate of drug-likeness (QED) is 0.373. The zero-order chi connectivity index (χ0) is 30.1. The Balaban J connectivity index is 1.34. The van der Waals surface area contributed by atoms with Crippen molar-refractivity contribution in [3.05, 3.63) is 28.3 Å². The molecule has 0 unspecified atom stereocenters. The van der Waals surface area contributed by atoms with Crippen LogP contribution in [0.15, 0.2) is 12.3 Å². The molecule has 3 aromatic rings. The first-order chi connectivity index (χ1) is 20.7. The summed E-state index contributed by atoms with van der Waals surface area (Å²) >= 11 is 1.71. The van der Waals surface area contributed by atoms with Crippen LogP contribution in [0.4, 0.5) is 5.95 Å². The van der Waals surface area contributed by atoms with Gasteiger partial charge in [-0.25, -0.2) is 23.4 Å². The maximum Gasteiger partial charge on any atom is 0.226 e. The van der Waals surface area contributed by atoms with E-state index in [0.717, 1.165) is 98.8 Å². The molecule has 1 N–H and O–H groups in total. The lowest BCUT2D eigenvalue weighted by Crippen LogP contribution is -2.47. The fourth-order valence-electron chi connectivity index (χ4n) is 7.10. The molecule has 3 saturated heterocycles. The molecule has 1 atom stereocenters. The van der Waals surface area contributed by atoms with Crippen LogP contribution in [0.3, 0.4) is 0 Å². The monoisotopic (exact) mass is 628 g/mol. The summed E-state index contributed by atoms with van der Waals surface area (Å²) in [5.74, 6) is 0.914. The van der Waals surface area contributed by atoms with E-state index in [-0.39, 0.29) is 12.4 Å². The van der Waals surface area contributed by atoms with Crippen molar-refractivity contribution >= 4 is 37.3 Å². The third kappa shape index (κ3) is 6.68. The standard InChI is InChI=1S/C31H44N6O4S2/c1-21-26(18-35-14-9-24(10-15-35)37-13-7-8-25(37)19-38)28-29(42-21)27(33-31(34-28)36-11-5-4-6-12-36)22-16-23(20-43(3,39)40)30(41-2)32-17-22/h16-17,24-25,38H,4-15,18-20H2,1-3H3/t25-/m0/s1. The van der Waals surface area contributed by atoms with Crippen LogP contribution >= 0.6 is 11.3 Å². The minimum Gasteiger partial charge on any atom is -0.481 e.